The summed E-state index contributed by atoms with van der Waals surface area (Å²) in [7, 11) is 0. The number of carbonyl (C=O) groups excluding carboxylic acids is 2. The molecule has 2 aliphatic heterocycles. The van der Waals surface area contributed by atoms with E-state index < -0.39 is 0 Å². The molecule has 2 fully saturated rings. The van der Waals surface area contributed by atoms with Crippen molar-refractivity contribution in [2.24, 2.45) is 5.41 Å². The Bertz CT molecular complexity index is 942. The summed E-state index contributed by atoms with van der Waals surface area (Å²) in [5.74, 6) is 0.464. The van der Waals surface area contributed by atoms with Crippen molar-refractivity contribution in [2.75, 3.05) is 26.2 Å². The van der Waals surface area contributed by atoms with Crippen LogP contribution in [0.3, 0.4) is 0 Å². The average molecular weight is 407 g/mol. The Balaban J connectivity index is 1.16. The fourth-order valence-electron chi connectivity index (χ4n) is 5.08. The lowest BCUT2D eigenvalue weighted by Crippen LogP contribution is -2.45. The summed E-state index contributed by atoms with van der Waals surface area (Å²) in [6.45, 7) is 3.31. The van der Waals surface area contributed by atoms with Gasteiger partial charge >= 0.3 is 0 Å². The fraction of sp³-hybridized carbons (Fsp3) is 0.417. The summed E-state index contributed by atoms with van der Waals surface area (Å²) in [4.78, 5) is 29.6. The zero-order valence-corrected chi connectivity index (χ0v) is 17.4. The van der Waals surface area contributed by atoms with Gasteiger partial charge in [-0.1, -0.05) is 24.3 Å². The molecule has 1 unspecified atom stereocenters. The molecule has 1 atom stereocenters. The number of fused-ring (bicyclic) bond motifs is 1. The van der Waals surface area contributed by atoms with Crippen LogP contribution >= 0.6 is 11.3 Å². The maximum atomic E-state index is 13.0. The minimum absolute atomic E-state index is 0.0604. The van der Waals surface area contributed by atoms with Crippen LogP contribution in [-0.4, -0.2) is 47.8 Å². The number of piperidine rings is 1. The van der Waals surface area contributed by atoms with E-state index in [1.54, 1.807) is 17.4 Å². The Morgan fingerprint density at radius 2 is 1.79 bits per heavy atom. The normalized spacial score (nSPS) is 22.7. The maximum absolute atomic E-state index is 13.0. The molecule has 0 saturated carbocycles. The van der Waals surface area contributed by atoms with Gasteiger partial charge in [0.2, 0.25) is 11.8 Å². The molecule has 1 spiro atoms. The second kappa shape index (κ2) is 7.45. The molecule has 3 heterocycles. The van der Waals surface area contributed by atoms with Crippen molar-refractivity contribution in [2.45, 2.75) is 31.6 Å². The summed E-state index contributed by atoms with van der Waals surface area (Å²) < 4.78 is 0. The molecule has 1 aromatic heterocycles. The number of hydrogen-bond acceptors (Lipinski definition) is 3. The molecule has 5 heteroatoms. The monoisotopic (exact) mass is 406 g/mol. The van der Waals surface area contributed by atoms with E-state index in [0.717, 1.165) is 57.4 Å². The Labute approximate surface area is 175 Å². The first-order valence-corrected chi connectivity index (χ1v) is 11.4. The molecule has 1 aliphatic carbocycles. The summed E-state index contributed by atoms with van der Waals surface area (Å²) in [5, 5.41) is 4.06. The number of rotatable bonds is 3. The lowest BCUT2D eigenvalue weighted by atomic mass is 9.76. The topological polar surface area (TPSA) is 40.6 Å². The quantitative estimate of drug-likeness (QED) is 0.725. The van der Waals surface area contributed by atoms with Crippen molar-refractivity contribution in [1.82, 2.24) is 9.80 Å². The average Bonchev–Trinajstić information content (AvgIpc) is 3.38. The second-order valence-electron chi connectivity index (χ2n) is 8.68. The van der Waals surface area contributed by atoms with Crippen molar-refractivity contribution in [1.29, 1.82) is 0 Å². The highest BCUT2D eigenvalue weighted by molar-refractivity contribution is 7.08. The van der Waals surface area contributed by atoms with Crippen LogP contribution < -0.4 is 0 Å². The molecular formula is C24H26N2O2S. The van der Waals surface area contributed by atoms with Crippen LogP contribution in [0.1, 0.15) is 41.9 Å². The molecule has 0 bridgehead atoms. The number of thiophene rings is 1. The molecule has 150 valence electrons. The first-order valence-electron chi connectivity index (χ1n) is 10.5. The third-order valence-electron chi connectivity index (χ3n) is 7.00. The van der Waals surface area contributed by atoms with E-state index in [-0.39, 0.29) is 17.2 Å². The maximum Gasteiger partial charge on any atom is 0.246 e. The van der Waals surface area contributed by atoms with Crippen LogP contribution in [0.4, 0.5) is 0 Å². The van der Waals surface area contributed by atoms with Gasteiger partial charge in [0.25, 0.3) is 0 Å². The van der Waals surface area contributed by atoms with E-state index in [1.807, 2.05) is 33.9 Å². The molecule has 1 aromatic carbocycles. The molecule has 0 radical (unpaired) electrons. The third kappa shape index (κ3) is 3.52. The van der Waals surface area contributed by atoms with Gasteiger partial charge in [-0.15, -0.1) is 0 Å². The van der Waals surface area contributed by atoms with Crippen LogP contribution in [0.5, 0.6) is 0 Å². The fourth-order valence-corrected chi connectivity index (χ4v) is 5.70. The van der Waals surface area contributed by atoms with Crippen LogP contribution in [0.2, 0.25) is 0 Å². The second-order valence-corrected chi connectivity index (χ2v) is 9.46. The van der Waals surface area contributed by atoms with Gasteiger partial charge in [0.05, 0.1) is 5.92 Å². The van der Waals surface area contributed by atoms with Gasteiger partial charge in [0.1, 0.15) is 0 Å². The Morgan fingerprint density at radius 1 is 1.03 bits per heavy atom. The van der Waals surface area contributed by atoms with E-state index in [9.17, 15) is 9.59 Å². The highest BCUT2D eigenvalue weighted by atomic mass is 32.1. The minimum Gasteiger partial charge on any atom is -0.342 e. The van der Waals surface area contributed by atoms with Gasteiger partial charge in [-0.05, 0) is 70.7 Å². The number of nitrogens with zero attached hydrogens (tertiary/aromatic N) is 2. The molecule has 2 aromatic rings. The predicted octanol–water partition coefficient (Wildman–Crippen LogP) is 3.94. The number of amides is 2. The van der Waals surface area contributed by atoms with E-state index in [2.05, 4.69) is 23.1 Å². The van der Waals surface area contributed by atoms with Gasteiger partial charge in [0, 0.05) is 32.3 Å². The van der Waals surface area contributed by atoms with E-state index in [1.165, 1.54) is 11.1 Å². The standard InChI is InChI=1S/C24H26N2O2S/c27-22(6-5-18-7-14-29-16-18)25-11-8-24(9-12-25)10-13-26(17-24)23(28)21-15-19-3-1-2-4-20(19)21/h1-7,14,16,21H,8-13,15,17H2. The zero-order chi connectivity index (χ0) is 19.8. The first-order chi connectivity index (χ1) is 14.1. The molecule has 3 aliphatic rings. The van der Waals surface area contributed by atoms with Crippen molar-refractivity contribution >= 4 is 29.2 Å². The molecule has 2 saturated heterocycles. The SMILES string of the molecule is O=C(C=Cc1ccsc1)N1CCC2(CC1)CCN(C(=O)C1Cc3ccccc31)C2. The minimum atomic E-state index is 0.0604. The third-order valence-corrected chi connectivity index (χ3v) is 7.70. The van der Waals surface area contributed by atoms with Crippen LogP contribution in [0.25, 0.3) is 6.08 Å². The number of carbonyl (C=O) groups is 2. The van der Waals surface area contributed by atoms with Gasteiger partial charge in [0.15, 0.2) is 0 Å². The van der Waals surface area contributed by atoms with Gasteiger partial charge < -0.3 is 9.80 Å². The molecule has 4 nitrogen and oxygen atoms in total. The van der Waals surface area contributed by atoms with Gasteiger partial charge in [-0.25, -0.2) is 0 Å². The largest absolute Gasteiger partial charge is 0.342 e. The highest BCUT2D eigenvalue weighted by Gasteiger charge is 2.45. The first kappa shape index (κ1) is 18.6. The summed E-state index contributed by atoms with van der Waals surface area (Å²) in [6, 6.07) is 10.3. The Kier molecular flexibility index (Phi) is 4.78. The van der Waals surface area contributed by atoms with Crippen LogP contribution in [0, 0.1) is 5.41 Å². The number of benzene rings is 1. The molecular weight excluding hydrogens is 380 g/mol. The summed E-state index contributed by atoms with van der Waals surface area (Å²) in [6.07, 6.45) is 7.54. The molecule has 29 heavy (non-hydrogen) atoms. The van der Waals surface area contributed by atoms with Crippen LogP contribution in [-0.2, 0) is 16.0 Å². The summed E-state index contributed by atoms with van der Waals surface area (Å²) in [5.41, 5.74) is 3.82. The summed E-state index contributed by atoms with van der Waals surface area (Å²) >= 11 is 1.64. The Hall–Kier alpha value is -2.40. The lowest BCUT2D eigenvalue weighted by molar-refractivity contribution is -0.133. The number of hydrogen-bond donors (Lipinski definition) is 0. The van der Waals surface area contributed by atoms with Crippen molar-refractivity contribution in [3.63, 3.8) is 0 Å². The molecule has 5 rings (SSSR count). The number of likely N-dealkylation sites (tertiary alicyclic amines) is 2. The zero-order valence-electron chi connectivity index (χ0n) is 16.5. The predicted molar refractivity (Wildman–Crippen MR) is 116 cm³/mol. The van der Waals surface area contributed by atoms with Crippen LogP contribution in [0.15, 0.2) is 47.2 Å². The van der Waals surface area contributed by atoms with Crippen molar-refractivity contribution < 1.29 is 9.59 Å². The van der Waals surface area contributed by atoms with E-state index in [4.69, 9.17) is 0 Å². The van der Waals surface area contributed by atoms with E-state index in [0.29, 0.717) is 5.91 Å². The lowest BCUT2D eigenvalue weighted by Gasteiger charge is -2.39. The van der Waals surface area contributed by atoms with Crippen molar-refractivity contribution in [3.8, 4) is 0 Å². The van der Waals surface area contributed by atoms with Crippen molar-refractivity contribution in [3.05, 3.63) is 63.9 Å². The van der Waals surface area contributed by atoms with Gasteiger partial charge in [-0.3, -0.25) is 9.59 Å². The molecule has 0 N–H and O–H groups in total. The Morgan fingerprint density at radius 3 is 2.52 bits per heavy atom. The highest BCUT2D eigenvalue weighted by Crippen LogP contribution is 2.43. The van der Waals surface area contributed by atoms with E-state index >= 15 is 0 Å². The smallest absolute Gasteiger partial charge is 0.246 e. The van der Waals surface area contributed by atoms with Gasteiger partial charge in [-0.2, -0.15) is 11.3 Å². The molecule has 2 amide bonds.